The second-order valence-corrected chi connectivity index (χ2v) is 3.94. The van der Waals surface area contributed by atoms with Crippen molar-refractivity contribution < 1.29 is 17.6 Å². The van der Waals surface area contributed by atoms with E-state index in [1.807, 2.05) is 0 Å². The van der Waals surface area contributed by atoms with Gasteiger partial charge in [-0.1, -0.05) is 6.07 Å². The average molecular weight is 233 g/mol. The number of likely N-dealkylation sites (tertiary alicyclic amines) is 1. The Morgan fingerprint density at radius 3 is 2.31 bits per heavy atom. The lowest BCUT2D eigenvalue weighted by Gasteiger charge is -2.30. The van der Waals surface area contributed by atoms with Crippen molar-refractivity contribution in [1.29, 1.82) is 0 Å². The molecule has 0 saturated carbocycles. The summed E-state index contributed by atoms with van der Waals surface area (Å²) in [5, 5.41) is 0. The van der Waals surface area contributed by atoms with Gasteiger partial charge in [-0.3, -0.25) is 4.90 Å². The molecule has 0 radical (unpaired) electrons. The van der Waals surface area contributed by atoms with E-state index >= 15 is 0 Å². The Morgan fingerprint density at radius 1 is 1.19 bits per heavy atom. The van der Waals surface area contributed by atoms with Crippen LogP contribution in [0.2, 0.25) is 0 Å². The van der Waals surface area contributed by atoms with E-state index in [-0.39, 0.29) is 0 Å². The van der Waals surface area contributed by atoms with Gasteiger partial charge in [-0.05, 0) is 37.2 Å². The summed E-state index contributed by atoms with van der Waals surface area (Å²) >= 11 is 0. The fourth-order valence-electron chi connectivity index (χ4n) is 1.68. The molecule has 0 N–H and O–H groups in total. The molecule has 1 aliphatic heterocycles. The van der Waals surface area contributed by atoms with E-state index in [0.717, 1.165) is 31.6 Å². The van der Waals surface area contributed by atoms with Gasteiger partial charge in [0.2, 0.25) is 0 Å². The van der Waals surface area contributed by atoms with Crippen LogP contribution in [0.4, 0.5) is 17.6 Å². The minimum absolute atomic E-state index is 0.523. The SMILES string of the molecule is Fc1cc(CN2CCC2)ccc1C(F)(F)F. The molecule has 1 aromatic carbocycles. The second kappa shape index (κ2) is 4.05. The number of hydrogen-bond donors (Lipinski definition) is 0. The first-order chi connectivity index (χ1) is 7.47. The number of nitrogens with zero attached hydrogens (tertiary/aromatic N) is 1. The molecular weight excluding hydrogens is 222 g/mol. The van der Waals surface area contributed by atoms with Crippen LogP contribution < -0.4 is 0 Å². The number of alkyl halides is 3. The average Bonchev–Trinajstić information content (AvgIpc) is 2.09. The second-order valence-electron chi connectivity index (χ2n) is 3.94. The Labute approximate surface area is 90.7 Å². The van der Waals surface area contributed by atoms with Crippen LogP contribution in [0.15, 0.2) is 18.2 Å². The smallest absolute Gasteiger partial charge is 0.299 e. The van der Waals surface area contributed by atoms with Crippen LogP contribution in [-0.2, 0) is 12.7 Å². The van der Waals surface area contributed by atoms with Crippen molar-refractivity contribution >= 4 is 0 Å². The van der Waals surface area contributed by atoms with Crippen LogP contribution in [0.5, 0.6) is 0 Å². The summed E-state index contributed by atoms with van der Waals surface area (Å²) < 4.78 is 50.0. The summed E-state index contributed by atoms with van der Waals surface area (Å²) in [6.07, 6.45) is -3.51. The molecule has 0 aliphatic carbocycles. The third kappa shape index (κ3) is 2.35. The van der Waals surface area contributed by atoms with Crippen LogP contribution in [0.3, 0.4) is 0 Å². The number of hydrogen-bond acceptors (Lipinski definition) is 1. The molecular formula is C11H11F4N. The molecule has 5 heteroatoms. The van der Waals surface area contributed by atoms with E-state index in [0.29, 0.717) is 12.1 Å². The first kappa shape index (κ1) is 11.4. The molecule has 88 valence electrons. The lowest BCUT2D eigenvalue weighted by Crippen LogP contribution is -2.36. The Balaban J connectivity index is 2.15. The zero-order valence-corrected chi connectivity index (χ0v) is 8.52. The molecule has 1 aromatic rings. The molecule has 0 spiro atoms. The van der Waals surface area contributed by atoms with Gasteiger partial charge in [0, 0.05) is 6.54 Å². The van der Waals surface area contributed by atoms with Crippen molar-refractivity contribution in [2.75, 3.05) is 13.1 Å². The minimum atomic E-state index is -4.61. The lowest BCUT2D eigenvalue weighted by atomic mass is 10.1. The lowest BCUT2D eigenvalue weighted by molar-refractivity contribution is -0.140. The summed E-state index contributed by atoms with van der Waals surface area (Å²) in [5.41, 5.74) is -0.606. The molecule has 1 heterocycles. The Kier molecular flexibility index (Phi) is 2.88. The molecule has 1 nitrogen and oxygen atoms in total. The van der Waals surface area contributed by atoms with Crippen LogP contribution >= 0.6 is 0 Å². The molecule has 0 bridgehead atoms. The Morgan fingerprint density at radius 2 is 1.88 bits per heavy atom. The highest BCUT2D eigenvalue weighted by atomic mass is 19.4. The molecule has 0 unspecified atom stereocenters. The van der Waals surface area contributed by atoms with Crippen LogP contribution in [0.25, 0.3) is 0 Å². The molecule has 2 rings (SSSR count). The maximum Gasteiger partial charge on any atom is 0.419 e. The molecule has 0 atom stereocenters. The third-order valence-electron chi connectivity index (χ3n) is 2.69. The fraction of sp³-hybridized carbons (Fsp3) is 0.455. The maximum atomic E-state index is 13.2. The standard InChI is InChI=1S/C11H11F4N/c12-10-6-8(7-16-4-1-5-16)2-3-9(10)11(13,14)15/h2-3,6H,1,4-5,7H2. The Bertz CT molecular complexity index is 382. The van der Waals surface area contributed by atoms with E-state index in [1.165, 1.54) is 6.07 Å². The van der Waals surface area contributed by atoms with E-state index in [9.17, 15) is 17.6 Å². The fourth-order valence-corrected chi connectivity index (χ4v) is 1.68. The van der Waals surface area contributed by atoms with Crippen molar-refractivity contribution in [2.45, 2.75) is 19.1 Å². The molecule has 16 heavy (non-hydrogen) atoms. The van der Waals surface area contributed by atoms with Gasteiger partial charge >= 0.3 is 6.18 Å². The first-order valence-electron chi connectivity index (χ1n) is 5.05. The van der Waals surface area contributed by atoms with Crippen LogP contribution in [0.1, 0.15) is 17.5 Å². The number of benzene rings is 1. The van der Waals surface area contributed by atoms with Gasteiger partial charge < -0.3 is 0 Å². The quantitative estimate of drug-likeness (QED) is 0.709. The normalized spacial score (nSPS) is 17.2. The van der Waals surface area contributed by atoms with Crippen LogP contribution in [0, 0.1) is 5.82 Å². The predicted molar refractivity (Wildman–Crippen MR) is 51.3 cm³/mol. The van der Waals surface area contributed by atoms with Gasteiger partial charge in [0.25, 0.3) is 0 Å². The number of halogens is 4. The highest BCUT2D eigenvalue weighted by Crippen LogP contribution is 2.31. The summed E-state index contributed by atoms with van der Waals surface area (Å²) in [6.45, 7) is 2.39. The van der Waals surface area contributed by atoms with Crippen molar-refractivity contribution in [3.05, 3.63) is 35.1 Å². The zero-order chi connectivity index (χ0) is 11.8. The molecule has 1 aliphatic rings. The van der Waals surface area contributed by atoms with Crippen molar-refractivity contribution in [1.82, 2.24) is 4.90 Å². The molecule has 0 aromatic heterocycles. The van der Waals surface area contributed by atoms with Gasteiger partial charge in [-0.15, -0.1) is 0 Å². The Hall–Kier alpha value is -1.10. The topological polar surface area (TPSA) is 3.24 Å². The van der Waals surface area contributed by atoms with E-state index in [4.69, 9.17) is 0 Å². The molecule has 0 amide bonds. The zero-order valence-electron chi connectivity index (χ0n) is 8.52. The molecule has 1 fully saturated rings. The maximum absolute atomic E-state index is 13.2. The third-order valence-corrected chi connectivity index (χ3v) is 2.69. The first-order valence-corrected chi connectivity index (χ1v) is 5.05. The highest BCUT2D eigenvalue weighted by Gasteiger charge is 2.33. The highest BCUT2D eigenvalue weighted by molar-refractivity contribution is 5.26. The van der Waals surface area contributed by atoms with E-state index < -0.39 is 17.6 Å². The van der Waals surface area contributed by atoms with Crippen LogP contribution in [-0.4, -0.2) is 18.0 Å². The minimum Gasteiger partial charge on any atom is -0.299 e. The summed E-state index contributed by atoms with van der Waals surface area (Å²) in [5.74, 6) is -1.19. The summed E-state index contributed by atoms with van der Waals surface area (Å²) in [7, 11) is 0. The predicted octanol–water partition coefficient (Wildman–Crippen LogP) is 3.05. The largest absolute Gasteiger partial charge is 0.419 e. The van der Waals surface area contributed by atoms with Crippen molar-refractivity contribution in [3.8, 4) is 0 Å². The molecule has 1 saturated heterocycles. The monoisotopic (exact) mass is 233 g/mol. The summed E-state index contributed by atoms with van der Waals surface area (Å²) in [6, 6.07) is 3.12. The van der Waals surface area contributed by atoms with E-state index in [2.05, 4.69) is 4.90 Å². The number of rotatable bonds is 2. The van der Waals surface area contributed by atoms with Gasteiger partial charge in [0.1, 0.15) is 5.82 Å². The van der Waals surface area contributed by atoms with Gasteiger partial charge in [-0.2, -0.15) is 13.2 Å². The van der Waals surface area contributed by atoms with Crippen molar-refractivity contribution in [3.63, 3.8) is 0 Å². The summed E-state index contributed by atoms with van der Waals surface area (Å²) in [4.78, 5) is 2.06. The van der Waals surface area contributed by atoms with Gasteiger partial charge in [0.15, 0.2) is 0 Å². The van der Waals surface area contributed by atoms with Crippen molar-refractivity contribution in [2.24, 2.45) is 0 Å². The van der Waals surface area contributed by atoms with E-state index in [1.54, 1.807) is 0 Å². The van der Waals surface area contributed by atoms with Gasteiger partial charge in [-0.25, -0.2) is 4.39 Å². The van der Waals surface area contributed by atoms with Gasteiger partial charge in [0.05, 0.1) is 5.56 Å².